The van der Waals surface area contributed by atoms with E-state index < -0.39 is 5.92 Å². The molecule has 0 radical (unpaired) electrons. The number of hydrogen-bond acceptors (Lipinski definition) is 6. The van der Waals surface area contributed by atoms with Gasteiger partial charge >= 0.3 is 0 Å². The maximum atomic E-state index is 13.6. The number of allylic oxidation sites excluding steroid dienone is 3. The van der Waals surface area contributed by atoms with E-state index in [1.54, 1.807) is 39.5 Å². The largest absolute Gasteiger partial charge is 0.495 e. The van der Waals surface area contributed by atoms with Gasteiger partial charge in [0.05, 0.1) is 27.0 Å². The topological polar surface area (TPSA) is 85.9 Å². The van der Waals surface area contributed by atoms with Crippen molar-refractivity contribution in [2.75, 3.05) is 26.6 Å². The molecule has 172 valence electrons. The van der Waals surface area contributed by atoms with Crippen molar-refractivity contribution in [2.45, 2.75) is 32.1 Å². The summed E-state index contributed by atoms with van der Waals surface area (Å²) in [6, 6.07) is 12.8. The lowest BCUT2D eigenvalue weighted by molar-refractivity contribution is -0.116. The molecule has 1 atom stereocenters. The minimum atomic E-state index is -0.524. The first kappa shape index (κ1) is 22.5. The lowest BCUT2D eigenvalue weighted by Crippen LogP contribution is -2.35. The molecular formula is C26H28N2O5. The summed E-state index contributed by atoms with van der Waals surface area (Å²) in [5.41, 5.74) is 4.09. The molecule has 1 aliphatic carbocycles. The first-order valence-corrected chi connectivity index (χ1v) is 10.9. The maximum absolute atomic E-state index is 13.6. The molecule has 1 amide bonds. The highest BCUT2D eigenvalue weighted by molar-refractivity contribution is 6.10. The third-order valence-corrected chi connectivity index (χ3v) is 6.12. The first-order chi connectivity index (χ1) is 16.0. The van der Waals surface area contributed by atoms with Gasteiger partial charge in [0, 0.05) is 34.9 Å². The number of Topliss-reactive ketones (excluding diaryl/α,β-unsaturated/α-hetero) is 1. The molecule has 33 heavy (non-hydrogen) atoms. The van der Waals surface area contributed by atoms with Crippen LogP contribution in [0.25, 0.3) is 0 Å². The van der Waals surface area contributed by atoms with E-state index in [0.29, 0.717) is 40.5 Å². The predicted octanol–water partition coefficient (Wildman–Crippen LogP) is 4.32. The second-order valence-corrected chi connectivity index (χ2v) is 8.03. The smallest absolute Gasteiger partial charge is 0.254 e. The minimum absolute atomic E-state index is 0.0543. The van der Waals surface area contributed by atoms with E-state index in [2.05, 4.69) is 10.6 Å². The number of methoxy groups -OCH3 is 3. The minimum Gasteiger partial charge on any atom is -0.495 e. The molecule has 2 aromatic rings. The average Bonchev–Trinajstić information content (AvgIpc) is 2.83. The van der Waals surface area contributed by atoms with Crippen LogP contribution in [0.5, 0.6) is 17.2 Å². The molecule has 0 spiro atoms. The van der Waals surface area contributed by atoms with Gasteiger partial charge < -0.3 is 24.8 Å². The highest BCUT2D eigenvalue weighted by Gasteiger charge is 2.39. The number of amides is 1. The number of benzene rings is 2. The summed E-state index contributed by atoms with van der Waals surface area (Å²) in [6.45, 7) is 1.87. The van der Waals surface area contributed by atoms with Gasteiger partial charge in [-0.2, -0.15) is 0 Å². The second-order valence-electron chi connectivity index (χ2n) is 8.03. The Labute approximate surface area is 193 Å². The van der Waals surface area contributed by atoms with Crippen LogP contribution in [0.15, 0.2) is 65.0 Å². The Morgan fingerprint density at radius 3 is 2.42 bits per heavy atom. The molecule has 7 heteroatoms. The van der Waals surface area contributed by atoms with Crippen molar-refractivity contribution in [3.63, 3.8) is 0 Å². The quantitative estimate of drug-likeness (QED) is 0.685. The number of carbonyl (C=O) groups is 2. The molecule has 0 saturated heterocycles. The Kier molecular flexibility index (Phi) is 6.40. The Morgan fingerprint density at radius 1 is 0.970 bits per heavy atom. The third-order valence-electron chi connectivity index (χ3n) is 6.12. The van der Waals surface area contributed by atoms with Crippen LogP contribution >= 0.6 is 0 Å². The van der Waals surface area contributed by atoms with Crippen molar-refractivity contribution in [1.29, 1.82) is 0 Å². The average molecular weight is 449 g/mol. The number of ketones is 1. The molecule has 1 heterocycles. The summed E-state index contributed by atoms with van der Waals surface area (Å²) in [7, 11) is 4.70. The highest BCUT2D eigenvalue weighted by Crippen LogP contribution is 2.44. The predicted molar refractivity (Wildman–Crippen MR) is 126 cm³/mol. The molecule has 7 nitrogen and oxygen atoms in total. The SMILES string of the molecule is COc1ccccc1NC(=O)C1=C(C)NC2=C(C(=O)CCC2)[C@H]1c1ccc(OC)c(OC)c1. The Balaban J connectivity index is 1.82. The Hall–Kier alpha value is -3.74. The monoisotopic (exact) mass is 448 g/mol. The molecule has 4 rings (SSSR count). The Bertz CT molecular complexity index is 1170. The zero-order valence-corrected chi connectivity index (χ0v) is 19.3. The van der Waals surface area contributed by atoms with Crippen molar-refractivity contribution < 1.29 is 23.8 Å². The number of dihydropyridines is 1. The normalized spacial score (nSPS) is 17.8. The van der Waals surface area contributed by atoms with E-state index in [9.17, 15) is 9.59 Å². The molecular weight excluding hydrogens is 420 g/mol. The van der Waals surface area contributed by atoms with Gasteiger partial charge in [-0.3, -0.25) is 9.59 Å². The molecule has 2 aromatic carbocycles. The third kappa shape index (κ3) is 4.18. The van der Waals surface area contributed by atoms with Gasteiger partial charge in [0.15, 0.2) is 17.3 Å². The van der Waals surface area contributed by atoms with Crippen LogP contribution in [0, 0.1) is 0 Å². The van der Waals surface area contributed by atoms with E-state index in [0.717, 1.165) is 29.8 Å². The fourth-order valence-electron chi connectivity index (χ4n) is 4.59. The second kappa shape index (κ2) is 9.40. The highest BCUT2D eigenvalue weighted by atomic mass is 16.5. The van der Waals surface area contributed by atoms with Gasteiger partial charge in [0.1, 0.15) is 5.75 Å². The van der Waals surface area contributed by atoms with Gasteiger partial charge in [-0.05, 0) is 49.6 Å². The van der Waals surface area contributed by atoms with Crippen molar-refractivity contribution in [1.82, 2.24) is 5.32 Å². The zero-order chi connectivity index (χ0) is 23.5. The van der Waals surface area contributed by atoms with E-state index in [4.69, 9.17) is 14.2 Å². The first-order valence-electron chi connectivity index (χ1n) is 10.9. The molecule has 0 aromatic heterocycles. The summed E-state index contributed by atoms with van der Waals surface area (Å²) >= 11 is 0. The fourth-order valence-corrected chi connectivity index (χ4v) is 4.59. The molecule has 0 unspecified atom stereocenters. The van der Waals surface area contributed by atoms with Crippen molar-refractivity contribution in [3.8, 4) is 17.2 Å². The van der Waals surface area contributed by atoms with Crippen LogP contribution in [0.2, 0.25) is 0 Å². The van der Waals surface area contributed by atoms with Gasteiger partial charge in [0.2, 0.25) is 0 Å². The molecule has 0 bridgehead atoms. The number of ether oxygens (including phenoxy) is 3. The Morgan fingerprint density at radius 2 is 1.70 bits per heavy atom. The fraction of sp³-hybridized carbons (Fsp3) is 0.308. The molecule has 0 fully saturated rings. The lowest BCUT2D eigenvalue weighted by Gasteiger charge is -2.34. The van der Waals surface area contributed by atoms with Crippen LogP contribution in [0.3, 0.4) is 0 Å². The summed E-state index contributed by atoms with van der Waals surface area (Å²) in [5.74, 6) is 0.918. The zero-order valence-electron chi connectivity index (χ0n) is 19.3. The maximum Gasteiger partial charge on any atom is 0.254 e. The number of anilines is 1. The van der Waals surface area contributed by atoms with Crippen LogP contribution in [-0.2, 0) is 9.59 Å². The van der Waals surface area contributed by atoms with Gasteiger partial charge in [-0.25, -0.2) is 0 Å². The molecule has 2 N–H and O–H groups in total. The summed E-state index contributed by atoms with van der Waals surface area (Å²) in [6.07, 6.45) is 2.02. The number of rotatable bonds is 6. The summed E-state index contributed by atoms with van der Waals surface area (Å²) in [5, 5.41) is 6.31. The van der Waals surface area contributed by atoms with E-state index in [-0.39, 0.29) is 11.7 Å². The molecule has 0 saturated carbocycles. The van der Waals surface area contributed by atoms with E-state index in [1.165, 1.54) is 0 Å². The van der Waals surface area contributed by atoms with Crippen molar-refractivity contribution >= 4 is 17.4 Å². The van der Waals surface area contributed by atoms with E-state index in [1.807, 2.05) is 31.2 Å². The molecule has 1 aliphatic heterocycles. The molecule has 2 aliphatic rings. The summed E-state index contributed by atoms with van der Waals surface area (Å²) < 4.78 is 16.3. The van der Waals surface area contributed by atoms with Crippen molar-refractivity contribution in [2.24, 2.45) is 0 Å². The number of carbonyl (C=O) groups excluding carboxylic acids is 2. The van der Waals surface area contributed by atoms with Crippen LogP contribution < -0.4 is 24.8 Å². The van der Waals surface area contributed by atoms with Crippen LogP contribution in [0.4, 0.5) is 5.69 Å². The van der Waals surface area contributed by atoms with Crippen LogP contribution in [-0.4, -0.2) is 33.0 Å². The van der Waals surface area contributed by atoms with Crippen LogP contribution in [0.1, 0.15) is 37.7 Å². The van der Waals surface area contributed by atoms with Gasteiger partial charge in [0.25, 0.3) is 5.91 Å². The lowest BCUT2D eigenvalue weighted by atomic mass is 9.75. The van der Waals surface area contributed by atoms with Gasteiger partial charge in [-0.1, -0.05) is 18.2 Å². The van der Waals surface area contributed by atoms with Gasteiger partial charge in [-0.15, -0.1) is 0 Å². The summed E-state index contributed by atoms with van der Waals surface area (Å²) in [4.78, 5) is 26.7. The standard InChI is InChI=1S/C26H28N2O5/c1-15-23(26(30)28-17-8-5-6-11-20(17)31-2)24(25-18(27-15)9-7-10-19(25)29)16-12-13-21(32-3)22(14-16)33-4/h5-6,8,11-14,24,27H,7,9-10H2,1-4H3,(H,28,30)/t24-/m0/s1. The van der Waals surface area contributed by atoms with E-state index >= 15 is 0 Å². The number of hydrogen-bond donors (Lipinski definition) is 2. The van der Waals surface area contributed by atoms with Crippen molar-refractivity contribution in [3.05, 3.63) is 70.6 Å². The number of para-hydroxylation sites is 2. The number of nitrogens with one attached hydrogen (secondary N) is 2.